The molecule has 7 heteroatoms. The molecule has 0 aromatic heterocycles. The number of nitrogens with zero attached hydrogens (tertiary/aromatic N) is 1. The van der Waals surface area contributed by atoms with Gasteiger partial charge in [0.15, 0.2) is 0 Å². The van der Waals surface area contributed by atoms with Gasteiger partial charge in [0.25, 0.3) is 5.24 Å². The lowest BCUT2D eigenvalue weighted by molar-refractivity contribution is 0.108. The minimum Gasteiger partial charge on any atom is -0.276 e. The van der Waals surface area contributed by atoms with Gasteiger partial charge < -0.3 is 0 Å². The molecule has 2 rings (SSSR count). The van der Waals surface area contributed by atoms with Crippen LogP contribution in [0.4, 0.5) is 4.39 Å². The molecule has 0 spiro atoms. The molecule has 0 aliphatic carbocycles. The Bertz CT molecular complexity index is 582. The highest BCUT2D eigenvalue weighted by atomic mass is 35.5. The predicted octanol–water partition coefficient (Wildman–Crippen LogP) is 1.99. The van der Waals surface area contributed by atoms with Gasteiger partial charge in [-0.3, -0.25) is 4.79 Å². The van der Waals surface area contributed by atoms with Crippen LogP contribution in [-0.2, 0) is 10.0 Å². The normalized spacial score (nSPS) is 17.0. The molecule has 1 fully saturated rings. The lowest BCUT2D eigenvalue weighted by Crippen LogP contribution is -2.28. The molecule has 98 valence electrons. The zero-order valence-electron chi connectivity index (χ0n) is 9.40. The Hall–Kier alpha value is -0.980. The number of halogens is 2. The Morgan fingerprint density at radius 3 is 2.44 bits per heavy atom. The Morgan fingerprint density at radius 2 is 1.89 bits per heavy atom. The molecule has 0 unspecified atom stereocenters. The fourth-order valence-electron chi connectivity index (χ4n) is 1.89. The third kappa shape index (κ3) is 2.41. The average Bonchev–Trinajstić information content (AvgIpc) is 2.82. The molecule has 0 bridgehead atoms. The van der Waals surface area contributed by atoms with Crippen LogP contribution in [-0.4, -0.2) is 31.1 Å². The summed E-state index contributed by atoms with van der Waals surface area (Å²) in [4.78, 5) is 10.5. The van der Waals surface area contributed by atoms with Gasteiger partial charge in [-0.15, -0.1) is 0 Å². The van der Waals surface area contributed by atoms with Gasteiger partial charge in [-0.05, 0) is 42.6 Å². The van der Waals surface area contributed by atoms with Crippen molar-refractivity contribution in [3.8, 4) is 0 Å². The third-order valence-corrected chi connectivity index (χ3v) is 4.97. The summed E-state index contributed by atoms with van der Waals surface area (Å²) in [6, 6.07) is 3.09. The monoisotopic (exact) mass is 291 g/mol. The summed E-state index contributed by atoms with van der Waals surface area (Å²) in [5, 5.41) is -0.812. The van der Waals surface area contributed by atoms with E-state index in [-0.39, 0.29) is 5.56 Å². The van der Waals surface area contributed by atoms with Crippen LogP contribution in [0.15, 0.2) is 23.1 Å². The van der Waals surface area contributed by atoms with Crippen molar-refractivity contribution in [3.05, 3.63) is 29.6 Å². The Morgan fingerprint density at radius 1 is 1.28 bits per heavy atom. The molecule has 1 aliphatic rings. The highest BCUT2D eigenvalue weighted by molar-refractivity contribution is 7.89. The number of carbonyl (C=O) groups is 1. The summed E-state index contributed by atoms with van der Waals surface area (Å²) in [6.07, 6.45) is 1.52. The molecule has 0 saturated carbocycles. The second-order valence-corrected chi connectivity index (χ2v) is 6.28. The number of sulfonamides is 1. The van der Waals surface area contributed by atoms with E-state index in [4.69, 9.17) is 11.6 Å². The van der Waals surface area contributed by atoms with Crippen LogP contribution >= 0.6 is 11.6 Å². The number of hydrogen-bond acceptors (Lipinski definition) is 3. The highest BCUT2D eigenvalue weighted by Crippen LogP contribution is 2.24. The molecule has 18 heavy (non-hydrogen) atoms. The molecule has 4 nitrogen and oxygen atoms in total. The van der Waals surface area contributed by atoms with E-state index in [1.54, 1.807) is 0 Å². The van der Waals surface area contributed by atoms with Crippen molar-refractivity contribution in [3.63, 3.8) is 0 Å². The van der Waals surface area contributed by atoms with E-state index in [0.29, 0.717) is 13.1 Å². The van der Waals surface area contributed by atoms with Gasteiger partial charge in [0.2, 0.25) is 10.0 Å². The van der Waals surface area contributed by atoms with Gasteiger partial charge in [-0.1, -0.05) is 0 Å². The van der Waals surface area contributed by atoms with E-state index in [2.05, 4.69) is 0 Å². The summed E-state index contributed by atoms with van der Waals surface area (Å²) >= 11 is 5.27. The first-order valence-corrected chi connectivity index (χ1v) is 7.24. The molecular formula is C11H11ClFNO3S. The topological polar surface area (TPSA) is 54.5 Å². The first-order chi connectivity index (χ1) is 8.43. The third-order valence-electron chi connectivity index (χ3n) is 2.84. The number of benzene rings is 1. The summed E-state index contributed by atoms with van der Waals surface area (Å²) in [5.41, 5.74) is -0.0316. The fraction of sp³-hybridized carbons (Fsp3) is 0.364. The lowest BCUT2D eigenvalue weighted by atomic mass is 10.2. The van der Waals surface area contributed by atoms with E-state index in [9.17, 15) is 17.6 Å². The van der Waals surface area contributed by atoms with Crippen molar-refractivity contribution in [2.75, 3.05) is 13.1 Å². The fourth-order valence-corrected chi connectivity index (χ4v) is 3.62. The van der Waals surface area contributed by atoms with Crippen molar-refractivity contribution in [1.82, 2.24) is 4.31 Å². The first-order valence-electron chi connectivity index (χ1n) is 5.42. The van der Waals surface area contributed by atoms with Crippen LogP contribution in [0.3, 0.4) is 0 Å². The van der Waals surface area contributed by atoms with E-state index in [1.807, 2.05) is 0 Å². The first kappa shape index (κ1) is 13.5. The smallest absolute Gasteiger partial charge is 0.252 e. The molecule has 0 radical (unpaired) electrons. The van der Waals surface area contributed by atoms with Gasteiger partial charge in [0, 0.05) is 18.7 Å². The number of carbonyl (C=O) groups excluding carboxylic acids is 1. The molecule has 1 aromatic rings. The van der Waals surface area contributed by atoms with E-state index < -0.39 is 26.0 Å². The Balaban J connectivity index is 2.49. The molecule has 1 saturated heterocycles. The Labute approximate surface area is 109 Å². The molecule has 1 aromatic carbocycles. The largest absolute Gasteiger partial charge is 0.276 e. The van der Waals surface area contributed by atoms with E-state index in [0.717, 1.165) is 31.0 Å². The lowest BCUT2D eigenvalue weighted by Gasteiger charge is -2.16. The zero-order valence-corrected chi connectivity index (χ0v) is 11.0. The maximum absolute atomic E-state index is 13.6. The molecular weight excluding hydrogens is 281 g/mol. The SMILES string of the molecule is O=C(Cl)c1ccc(F)c(S(=O)(=O)N2CCCC2)c1. The van der Waals surface area contributed by atoms with Crippen LogP contribution in [0.5, 0.6) is 0 Å². The molecule has 0 N–H and O–H groups in total. The second-order valence-electron chi connectivity index (χ2n) is 4.03. The van der Waals surface area contributed by atoms with Gasteiger partial charge in [0.05, 0.1) is 0 Å². The van der Waals surface area contributed by atoms with Gasteiger partial charge in [-0.25, -0.2) is 12.8 Å². The highest BCUT2D eigenvalue weighted by Gasteiger charge is 2.30. The van der Waals surface area contributed by atoms with Crippen molar-refractivity contribution < 1.29 is 17.6 Å². The summed E-state index contributed by atoms with van der Waals surface area (Å²) < 4.78 is 39.2. The number of hydrogen-bond donors (Lipinski definition) is 0. The standard InChI is InChI=1S/C11H11ClFNO3S/c12-11(15)8-3-4-9(13)10(7-8)18(16,17)14-5-1-2-6-14/h3-4,7H,1-2,5-6H2. The number of rotatable bonds is 3. The zero-order chi connectivity index (χ0) is 13.3. The second kappa shape index (κ2) is 4.95. The van der Waals surface area contributed by atoms with Crippen molar-refractivity contribution in [2.45, 2.75) is 17.7 Å². The quantitative estimate of drug-likeness (QED) is 0.800. The van der Waals surface area contributed by atoms with Crippen LogP contribution in [0.2, 0.25) is 0 Å². The summed E-state index contributed by atoms with van der Waals surface area (Å²) in [5.74, 6) is -0.872. The van der Waals surface area contributed by atoms with Gasteiger partial charge in [0.1, 0.15) is 10.7 Å². The van der Waals surface area contributed by atoms with Crippen LogP contribution in [0.25, 0.3) is 0 Å². The molecule has 0 amide bonds. The van der Waals surface area contributed by atoms with Gasteiger partial charge in [-0.2, -0.15) is 4.31 Å². The summed E-state index contributed by atoms with van der Waals surface area (Å²) in [7, 11) is -3.88. The minimum atomic E-state index is -3.88. The van der Waals surface area contributed by atoms with Gasteiger partial charge >= 0.3 is 0 Å². The molecule has 1 heterocycles. The van der Waals surface area contributed by atoms with Crippen molar-refractivity contribution in [2.24, 2.45) is 0 Å². The maximum atomic E-state index is 13.6. The van der Waals surface area contributed by atoms with E-state index in [1.165, 1.54) is 4.31 Å². The Kier molecular flexibility index (Phi) is 3.70. The molecule has 0 atom stereocenters. The van der Waals surface area contributed by atoms with Crippen LogP contribution in [0.1, 0.15) is 23.2 Å². The summed E-state index contributed by atoms with van der Waals surface area (Å²) in [6.45, 7) is 0.752. The van der Waals surface area contributed by atoms with Crippen LogP contribution in [0, 0.1) is 5.82 Å². The molecule has 1 aliphatic heterocycles. The van der Waals surface area contributed by atoms with Crippen molar-refractivity contribution >= 4 is 26.9 Å². The predicted molar refractivity (Wildman–Crippen MR) is 64.6 cm³/mol. The average molecular weight is 292 g/mol. The van der Waals surface area contributed by atoms with Crippen molar-refractivity contribution in [1.29, 1.82) is 0 Å². The minimum absolute atomic E-state index is 0.0316. The maximum Gasteiger partial charge on any atom is 0.252 e. The van der Waals surface area contributed by atoms with Crippen LogP contribution < -0.4 is 0 Å². The van der Waals surface area contributed by atoms with E-state index >= 15 is 0 Å².